The van der Waals surface area contributed by atoms with Crippen molar-refractivity contribution in [3.05, 3.63) is 70.7 Å². The number of H-pyrrole nitrogens is 1. The topological polar surface area (TPSA) is 49.9 Å². The van der Waals surface area contributed by atoms with E-state index in [9.17, 15) is 30.4 Å². The van der Waals surface area contributed by atoms with Gasteiger partial charge >= 0.3 is 0 Å². The molecule has 0 radical (unpaired) electrons. The quantitative estimate of drug-likeness (QED) is 0.388. The van der Waals surface area contributed by atoms with Crippen molar-refractivity contribution >= 4 is 9.84 Å². The molecule has 1 N–H and O–H groups in total. The molecule has 3 rings (SSSR count). The van der Waals surface area contributed by atoms with E-state index < -0.39 is 55.1 Å². The Bertz CT molecular complexity index is 1120. The minimum absolute atomic E-state index is 0.00361. The second kappa shape index (κ2) is 6.49. The zero-order valence-corrected chi connectivity index (χ0v) is 14.8. The van der Waals surface area contributed by atoms with E-state index in [1.807, 2.05) is 0 Å². The van der Waals surface area contributed by atoms with Gasteiger partial charge in [0.15, 0.2) is 23.3 Å². The molecule has 1 aromatic heterocycles. The van der Waals surface area contributed by atoms with Crippen LogP contribution in [0.25, 0.3) is 11.1 Å². The molecule has 0 aliphatic rings. The molecule has 1 heterocycles. The van der Waals surface area contributed by atoms with E-state index in [-0.39, 0.29) is 10.5 Å². The smallest absolute Gasteiger partial charge is 0.222 e. The van der Waals surface area contributed by atoms with Gasteiger partial charge in [-0.15, -0.1) is 0 Å². The highest BCUT2D eigenvalue weighted by atomic mass is 32.2. The van der Waals surface area contributed by atoms with Crippen LogP contribution in [0.4, 0.5) is 22.0 Å². The summed E-state index contributed by atoms with van der Waals surface area (Å²) in [5.41, 5.74) is -1.13. The fraction of sp³-hybridized carbons (Fsp3) is 0.111. The normalized spacial score (nSPS) is 11.8. The van der Waals surface area contributed by atoms with Gasteiger partial charge in [-0.25, -0.2) is 30.4 Å². The number of aromatic amines is 1. The van der Waals surface area contributed by atoms with Gasteiger partial charge in [-0.3, -0.25) is 0 Å². The molecule has 0 aliphatic carbocycles. The Hall–Kier alpha value is -2.68. The number of aryl methyl sites for hydroxylation is 2. The minimum Gasteiger partial charge on any atom is -0.351 e. The molecule has 9 heteroatoms. The first-order valence-corrected chi connectivity index (χ1v) is 9.07. The Kier molecular flexibility index (Phi) is 4.59. The number of aromatic nitrogens is 1. The molecule has 0 saturated heterocycles. The third-order valence-electron chi connectivity index (χ3n) is 4.10. The van der Waals surface area contributed by atoms with Crippen LogP contribution >= 0.6 is 0 Å². The number of hydrogen-bond acceptors (Lipinski definition) is 2. The van der Waals surface area contributed by atoms with Crippen LogP contribution in [0.15, 0.2) is 40.4 Å². The average molecular weight is 401 g/mol. The van der Waals surface area contributed by atoms with Crippen molar-refractivity contribution in [2.24, 2.45) is 0 Å². The van der Waals surface area contributed by atoms with E-state index in [2.05, 4.69) is 4.98 Å². The Morgan fingerprint density at radius 2 is 1.22 bits per heavy atom. The van der Waals surface area contributed by atoms with E-state index in [1.165, 1.54) is 31.2 Å². The van der Waals surface area contributed by atoms with Crippen molar-refractivity contribution in [1.29, 1.82) is 0 Å². The zero-order chi connectivity index (χ0) is 20.1. The Balaban J connectivity index is 2.34. The molecule has 142 valence electrons. The molecular weight excluding hydrogens is 389 g/mol. The van der Waals surface area contributed by atoms with Crippen molar-refractivity contribution in [3.63, 3.8) is 0 Å². The van der Waals surface area contributed by atoms with Crippen LogP contribution < -0.4 is 0 Å². The largest absolute Gasteiger partial charge is 0.351 e. The number of halogens is 5. The zero-order valence-electron chi connectivity index (χ0n) is 14.0. The minimum atomic E-state index is -4.31. The predicted octanol–water partition coefficient (Wildman–Crippen LogP) is 4.83. The Labute approximate surface area is 151 Å². The number of rotatable bonds is 3. The summed E-state index contributed by atoms with van der Waals surface area (Å²) in [5.74, 6) is -10.8. The van der Waals surface area contributed by atoms with Crippen LogP contribution in [-0.4, -0.2) is 13.4 Å². The lowest BCUT2D eigenvalue weighted by atomic mass is 10.0. The molecule has 0 atom stereocenters. The molecule has 0 spiro atoms. The standard InChI is InChI=1S/C18H12F5NO2S/c1-8-3-5-10(6-4-8)27(25,26)18-11(9(2)7-24-18)12-13(19)15(21)17(23)16(22)14(12)20/h3-7,24H,1-2H3. The van der Waals surface area contributed by atoms with Gasteiger partial charge < -0.3 is 4.98 Å². The fourth-order valence-electron chi connectivity index (χ4n) is 2.68. The molecule has 2 aromatic carbocycles. The van der Waals surface area contributed by atoms with Gasteiger partial charge in [-0.2, -0.15) is 0 Å². The average Bonchev–Trinajstić information content (AvgIpc) is 3.01. The van der Waals surface area contributed by atoms with Gasteiger partial charge in [0.25, 0.3) is 0 Å². The van der Waals surface area contributed by atoms with Crippen molar-refractivity contribution in [2.75, 3.05) is 0 Å². The first kappa shape index (κ1) is 19.1. The van der Waals surface area contributed by atoms with Crippen LogP contribution in [0.1, 0.15) is 11.1 Å². The fourth-order valence-corrected chi connectivity index (χ4v) is 4.16. The third kappa shape index (κ3) is 2.91. The highest BCUT2D eigenvalue weighted by Crippen LogP contribution is 2.38. The second-order valence-corrected chi connectivity index (χ2v) is 7.82. The van der Waals surface area contributed by atoms with Crippen molar-refractivity contribution < 1.29 is 30.4 Å². The molecule has 0 fully saturated rings. The van der Waals surface area contributed by atoms with Gasteiger partial charge in [0.1, 0.15) is 5.03 Å². The number of hydrogen-bond donors (Lipinski definition) is 1. The first-order valence-electron chi connectivity index (χ1n) is 7.59. The Morgan fingerprint density at radius 3 is 1.74 bits per heavy atom. The summed E-state index contributed by atoms with van der Waals surface area (Å²) < 4.78 is 94.8. The molecule has 0 amide bonds. The number of benzene rings is 2. The van der Waals surface area contributed by atoms with Crippen LogP contribution in [0.3, 0.4) is 0 Å². The van der Waals surface area contributed by atoms with Gasteiger partial charge in [-0.05, 0) is 31.5 Å². The number of sulfone groups is 1. The summed E-state index contributed by atoms with van der Waals surface area (Å²) in [6.45, 7) is 3.02. The highest BCUT2D eigenvalue weighted by molar-refractivity contribution is 7.91. The van der Waals surface area contributed by atoms with Gasteiger partial charge in [0, 0.05) is 11.8 Å². The molecule has 3 aromatic rings. The molecule has 0 saturated carbocycles. The highest BCUT2D eigenvalue weighted by Gasteiger charge is 2.33. The van der Waals surface area contributed by atoms with Gasteiger partial charge in [0.2, 0.25) is 15.7 Å². The molecule has 0 aliphatic heterocycles. The molecule has 0 bridgehead atoms. The lowest BCUT2D eigenvalue weighted by Crippen LogP contribution is -2.08. The van der Waals surface area contributed by atoms with Crippen molar-refractivity contribution in [2.45, 2.75) is 23.8 Å². The van der Waals surface area contributed by atoms with E-state index >= 15 is 0 Å². The van der Waals surface area contributed by atoms with E-state index in [4.69, 9.17) is 0 Å². The lowest BCUT2D eigenvalue weighted by Gasteiger charge is -2.11. The summed E-state index contributed by atoms with van der Waals surface area (Å²) in [7, 11) is -4.31. The molecule has 27 heavy (non-hydrogen) atoms. The van der Waals surface area contributed by atoms with Crippen LogP contribution in [0.2, 0.25) is 0 Å². The second-order valence-electron chi connectivity index (χ2n) is 5.94. The SMILES string of the molecule is Cc1ccc(S(=O)(=O)c2[nH]cc(C)c2-c2c(F)c(F)c(F)c(F)c2F)cc1. The van der Waals surface area contributed by atoms with E-state index in [1.54, 1.807) is 6.92 Å². The summed E-state index contributed by atoms with van der Waals surface area (Å²) in [4.78, 5) is 2.18. The molecular formula is C18H12F5NO2S. The Morgan fingerprint density at radius 1 is 0.741 bits per heavy atom. The van der Waals surface area contributed by atoms with Gasteiger partial charge in [0.05, 0.1) is 10.5 Å². The predicted molar refractivity (Wildman–Crippen MR) is 87.4 cm³/mol. The van der Waals surface area contributed by atoms with Crippen molar-refractivity contribution in [1.82, 2.24) is 4.98 Å². The molecule has 3 nitrogen and oxygen atoms in total. The lowest BCUT2D eigenvalue weighted by molar-refractivity contribution is 0.381. The van der Waals surface area contributed by atoms with E-state index in [0.717, 1.165) is 11.8 Å². The van der Waals surface area contributed by atoms with Crippen LogP contribution in [0.5, 0.6) is 0 Å². The summed E-state index contributed by atoms with van der Waals surface area (Å²) in [5, 5.41) is -0.660. The number of nitrogens with one attached hydrogen (secondary N) is 1. The first-order chi connectivity index (χ1) is 12.6. The maximum Gasteiger partial charge on any atom is 0.222 e. The monoisotopic (exact) mass is 401 g/mol. The third-order valence-corrected chi connectivity index (χ3v) is 5.85. The van der Waals surface area contributed by atoms with E-state index in [0.29, 0.717) is 0 Å². The summed E-state index contributed by atoms with van der Waals surface area (Å²) >= 11 is 0. The van der Waals surface area contributed by atoms with Crippen molar-refractivity contribution in [3.8, 4) is 11.1 Å². The maximum absolute atomic E-state index is 14.2. The van der Waals surface area contributed by atoms with Gasteiger partial charge in [-0.1, -0.05) is 17.7 Å². The molecule has 0 unspecified atom stereocenters. The summed E-state index contributed by atoms with van der Waals surface area (Å²) in [6.07, 6.45) is 1.12. The maximum atomic E-state index is 14.2. The van der Waals surface area contributed by atoms with Crippen LogP contribution in [-0.2, 0) is 9.84 Å². The summed E-state index contributed by atoms with van der Waals surface area (Å²) in [6, 6.07) is 5.59. The van der Waals surface area contributed by atoms with Crippen LogP contribution in [0, 0.1) is 42.9 Å².